The van der Waals surface area contributed by atoms with Gasteiger partial charge < -0.3 is 4.57 Å². The zero-order valence-corrected chi connectivity index (χ0v) is 9.49. The summed E-state index contributed by atoms with van der Waals surface area (Å²) < 4.78 is 2.41. The monoisotopic (exact) mass is 191 g/mol. The van der Waals surface area contributed by atoms with Crippen molar-refractivity contribution in [2.45, 2.75) is 36.9 Å². The van der Waals surface area contributed by atoms with E-state index in [2.05, 4.69) is 25.2 Å². The Kier molecular flexibility index (Phi) is 3.00. The molecule has 1 aliphatic rings. The molecule has 1 nitrogen and oxygen atoms in total. The number of rotatable bonds is 1. The molecule has 11 heavy (non-hydrogen) atoms. The molecular formula is C8H18ClNSi. The molecule has 0 bridgehead atoms. The number of alkyl halides is 1. The van der Waals surface area contributed by atoms with Crippen LogP contribution in [0.4, 0.5) is 0 Å². The van der Waals surface area contributed by atoms with E-state index in [1.165, 1.54) is 25.3 Å². The summed E-state index contributed by atoms with van der Waals surface area (Å²) in [6.07, 6.45) is 3.97. The number of halogens is 1. The Bertz CT molecular complexity index is 140. The fraction of sp³-hybridized carbons (Fsp3) is 1.00. The second-order valence-electron chi connectivity index (χ2n) is 3.96. The number of hydrogen-bond donors (Lipinski definition) is 0. The molecule has 1 aliphatic heterocycles. The molecule has 1 rings (SSSR count). The van der Waals surface area contributed by atoms with E-state index < -0.39 is 8.24 Å². The summed E-state index contributed by atoms with van der Waals surface area (Å²) in [5.41, 5.74) is 0. The molecule has 2 unspecified atom stereocenters. The van der Waals surface area contributed by atoms with Crippen molar-refractivity contribution in [3.05, 3.63) is 0 Å². The van der Waals surface area contributed by atoms with Crippen molar-refractivity contribution in [2.75, 3.05) is 14.1 Å². The Labute approximate surface area is 75.8 Å². The van der Waals surface area contributed by atoms with Crippen LogP contribution in [0.5, 0.6) is 0 Å². The Morgan fingerprint density at radius 2 is 2.00 bits per heavy atom. The van der Waals surface area contributed by atoms with Crippen molar-refractivity contribution in [1.82, 2.24) is 4.57 Å². The highest BCUT2D eigenvalue weighted by Gasteiger charge is 2.39. The van der Waals surface area contributed by atoms with Gasteiger partial charge >= 0.3 is 0 Å². The molecule has 0 aromatic heterocycles. The Hall–Kier alpha value is 0.467. The van der Waals surface area contributed by atoms with Gasteiger partial charge in [-0.15, -0.1) is 11.6 Å². The van der Waals surface area contributed by atoms with Gasteiger partial charge in [0, 0.05) is 5.00 Å². The molecular weight excluding hydrogens is 174 g/mol. The molecule has 66 valence electrons. The maximum Gasteiger partial charge on any atom is 0.143 e. The highest BCUT2D eigenvalue weighted by molar-refractivity contribution is 6.83. The van der Waals surface area contributed by atoms with Gasteiger partial charge in [0.15, 0.2) is 0 Å². The maximum absolute atomic E-state index is 6.34. The van der Waals surface area contributed by atoms with E-state index in [4.69, 9.17) is 11.6 Å². The van der Waals surface area contributed by atoms with Crippen molar-refractivity contribution >= 4 is 19.8 Å². The average molecular weight is 192 g/mol. The second kappa shape index (κ2) is 3.46. The summed E-state index contributed by atoms with van der Waals surface area (Å²) >= 11 is 6.34. The van der Waals surface area contributed by atoms with Gasteiger partial charge in [-0.1, -0.05) is 19.4 Å². The van der Waals surface area contributed by atoms with Crippen LogP contribution in [0.1, 0.15) is 19.3 Å². The first-order valence-electron chi connectivity index (χ1n) is 4.39. The van der Waals surface area contributed by atoms with Gasteiger partial charge in [0.05, 0.1) is 0 Å². The molecule has 0 aromatic carbocycles. The van der Waals surface area contributed by atoms with Crippen LogP contribution in [0, 0.1) is 0 Å². The molecule has 0 aliphatic carbocycles. The van der Waals surface area contributed by atoms with E-state index in [1.54, 1.807) is 0 Å². The van der Waals surface area contributed by atoms with Crippen molar-refractivity contribution in [3.8, 4) is 0 Å². The third-order valence-electron chi connectivity index (χ3n) is 3.09. The van der Waals surface area contributed by atoms with Crippen LogP contribution in [0.25, 0.3) is 0 Å². The summed E-state index contributed by atoms with van der Waals surface area (Å²) in [5.74, 6) is 0. The van der Waals surface area contributed by atoms with Gasteiger partial charge in [-0.05, 0) is 26.6 Å². The third-order valence-corrected chi connectivity index (χ3v) is 9.76. The minimum atomic E-state index is -1.22. The van der Waals surface area contributed by atoms with Crippen molar-refractivity contribution in [1.29, 1.82) is 0 Å². The lowest BCUT2D eigenvalue weighted by atomic mass is 10.3. The molecule has 1 fully saturated rings. The fourth-order valence-corrected chi connectivity index (χ4v) is 5.96. The van der Waals surface area contributed by atoms with Crippen LogP contribution >= 0.6 is 11.6 Å². The lowest BCUT2D eigenvalue weighted by Gasteiger charge is -2.41. The zero-order chi connectivity index (χ0) is 8.48. The SMILES string of the molecule is CN(C)[Si]1(C)CCCCC1Cl. The average Bonchev–Trinajstić information content (AvgIpc) is 1.95. The van der Waals surface area contributed by atoms with E-state index in [0.717, 1.165) is 0 Å². The number of hydrogen-bond acceptors (Lipinski definition) is 1. The van der Waals surface area contributed by atoms with Crippen molar-refractivity contribution in [3.63, 3.8) is 0 Å². The summed E-state index contributed by atoms with van der Waals surface area (Å²) in [7, 11) is 3.16. The standard InChI is InChI=1S/C8H18ClNSi/c1-10(2)11(3)7-5-4-6-8(11)9/h8H,4-7H2,1-3H3. The summed E-state index contributed by atoms with van der Waals surface area (Å²) in [6, 6.07) is 1.38. The van der Waals surface area contributed by atoms with E-state index in [0.29, 0.717) is 5.00 Å². The van der Waals surface area contributed by atoms with E-state index in [1.807, 2.05) is 0 Å². The molecule has 0 spiro atoms. The lowest BCUT2D eigenvalue weighted by molar-refractivity contribution is 0.556. The third kappa shape index (κ3) is 1.79. The predicted octanol–water partition coefficient (Wildman–Crippen LogP) is 2.45. The van der Waals surface area contributed by atoms with Gasteiger partial charge in [0.25, 0.3) is 0 Å². The number of nitrogens with zero attached hydrogens (tertiary/aromatic N) is 1. The van der Waals surface area contributed by atoms with Crippen molar-refractivity contribution < 1.29 is 0 Å². The van der Waals surface area contributed by atoms with Crippen molar-refractivity contribution in [2.24, 2.45) is 0 Å². The quantitative estimate of drug-likeness (QED) is 0.455. The smallest absolute Gasteiger partial charge is 0.143 e. The molecule has 0 amide bonds. The van der Waals surface area contributed by atoms with Crippen LogP contribution in [0.3, 0.4) is 0 Å². The topological polar surface area (TPSA) is 3.24 Å². The molecule has 3 heteroatoms. The zero-order valence-electron chi connectivity index (χ0n) is 7.73. The van der Waals surface area contributed by atoms with Gasteiger partial charge in [-0.2, -0.15) is 0 Å². The molecule has 1 heterocycles. The minimum absolute atomic E-state index is 0.478. The normalized spacial score (nSPS) is 39.5. The fourth-order valence-electron chi connectivity index (χ4n) is 1.78. The summed E-state index contributed by atoms with van der Waals surface area (Å²) in [5, 5.41) is 0.478. The van der Waals surface area contributed by atoms with Gasteiger partial charge in [0.2, 0.25) is 0 Å². The largest absolute Gasteiger partial charge is 0.328 e. The lowest BCUT2D eigenvalue weighted by Crippen LogP contribution is -2.55. The Morgan fingerprint density at radius 3 is 2.36 bits per heavy atom. The first-order valence-corrected chi connectivity index (χ1v) is 7.55. The highest BCUT2D eigenvalue weighted by Crippen LogP contribution is 2.32. The molecule has 0 aromatic rings. The summed E-state index contributed by atoms with van der Waals surface area (Å²) in [6.45, 7) is 2.41. The Morgan fingerprint density at radius 1 is 1.36 bits per heavy atom. The van der Waals surface area contributed by atoms with E-state index in [9.17, 15) is 0 Å². The van der Waals surface area contributed by atoms with Crippen LogP contribution in [0.15, 0.2) is 0 Å². The van der Waals surface area contributed by atoms with Crippen LogP contribution < -0.4 is 0 Å². The second-order valence-corrected chi connectivity index (χ2v) is 9.66. The Balaban J connectivity index is 2.64. The maximum atomic E-state index is 6.34. The summed E-state index contributed by atoms with van der Waals surface area (Å²) in [4.78, 5) is 0. The predicted molar refractivity (Wildman–Crippen MR) is 53.6 cm³/mol. The molecule has 2 atom stereocenters. The van der Waals surface area contributed by atoms with E-state index in [-0.39, 0.29) is 0 Å². The van der Waals surface area contributed by atoms with E-state index >= 15 is 0 Å². The highest BCUT2D eigenvalue weighted by atomic mass is 35.5. The van der Waals surface area contributed by atoms with Gasteiger partial charge in [-0.25, -0.2) is 0 Å². The molecule has 0 saturated carbocycles. The molecule has 1 saturated heterocycles. The molecule has 0 N–H and O–H groups in total. The van der Waals surface area contributed by atoms with Gasteiger partial charge in [0.1, 0.15) is 8.24 Å². The minimum Gasteiger partial charge on any atom is -0.328 e. The van der Waals surface area contributed by atoms with Crippen LogP contribution in [-0.2, 0) is 0 Å². The van der Waals surface area contributed by atoms with Crippen LogP contribution in [0.2, 0.25) is 12.6 Å². The van der Waals surface area contributed by atoms with Gasteiger partial charge in [-0.3, -0.25) is 0 Å². The first kappa shape index (κ1) is 9.55. The van der Waals surface area contributed by atoms with Crippen LogP contribution in [-0.4, -0.2) is 31.9 Å². The first-order chi connectivity index (χ1) is 5.07. The molecule has 0 radical (unpaired) electrons.